The van der Waals surface area contributed by atoms with E-state index in [1.165, 1.54) is 17.7 Å². The maximum atomic E-state index is 12.9. The fourth-order valence-corrected chi connectivity index (χ4v) is 6.37. The standard InChI is InChI=1S/C33H43N5O2/c1-22-6-9-28(10-7-22)38-15-14-36(21-26(38)5)33(40)13-12-32(39)34-27-8-11-30-29(18-27)25(4)17-31(35-30)37-19-23(2)16-24(3)20-37/h6-11,17-18,23-24,26H,12-16,19-21H2,1-5H3,(H,34,39)/t23-,24+,26-/m0/s1. The molecule has 2 saturated heterocycles. The smallest absolute Gasteiger partial charge is 0.224 e. The molecule has 0 radical (unpaired) electrons. The van der Waals surface area contributed by atoms with Crippen LogP contribution in [0.5, 0.6) is 0 Å². The molecule has 0 saturated carbocycles. The molecule has 0 bridgehead atoms. The molecule has 212 valence electrons. The SMILES string of the molecule is Cc1ccc(N2CCN(C(=O)CCC(=O)Nc3ccc4nc(N5C[C@H](C)C[C@H](C)C5)cc(C)c4c3)C[C@@H]2C)cc1. The van der Waals surface area contributed by atoms with Gasteiger partial charge in [0.15, 0.2) is 0 Å². The van der Waals surface area contributed by atoms with E-state index in [1.54, 1.807) is 0 Å². The summed E-state index contributed by atoms with van der Waals surface area (Å²) in [6.45, 7) is 15.2. The Bertz CT molecular complexity index is 1360. The summed E-state index contributed by atoms with van der Waals surface area (Å²) in [6, 6.07) is 16.8. The number of amides is 2. The Hall–Kier alpha value is -3.61. The van der Waals surface area contributed by atoms with Crippen molar-refractivity contribution in [2.45, 2.75) is 59.9 Å². The summed E-state index contributed by atoms with van der Waals surface area (Å²) >= 11 is 0. The van der Waals surface area contributed by atoms with Gasteiger partial charge < -0.3 is 20.0 Å². The fraction of sp³-hybridized carbons (Fsp3) is 0.485. The number of nitrogens with zero attached hydrogens (tertiary/aromatic N) is 4. The molecule has 2 fully saturated rings. The Morgan fingerprint density at radius 1 is 0.900 bits per heavy atom. The molecule has 2 aliphatic rings. The van der Waals surface area contributed by atoms with E-state index in [0.29, 0.717) is 24.9 Å². The van der Waals surface area contributed by atoms with Crippen molar-refractivity contribution in [1.29, 1.82) is 0 Å². The molecule has 1 aromatic heterocycles. The van der Waals surface area contributed by atoms with Crippen molar-refractivity contribution in [1.82, 2.24) is 9.88 Å². The van der Waals surface area contributed by atoms with Gasteiger partial charge in [0.2, 0.25) is 11.8 Å². The van der Waals surface area contributed by atoms with Gasteiger partial charge in [-0.2, -0.15) is 0 Å². The number of hydrogen-bond acceptors (Lipinski definition) is 5. The van der Waals surface area contributed by atoms with E-state index in [-0.39, 0.29) is 30.7 Å². The van der Waals surface area contributed by atoms with Crippen LogP contribution in [0.4, 0.5) is 17.2 Å². The number of nitrogens with one attached hydrogen (secondary N) is 1. The van der Waals surface area contributed by atoms with Gasteiger partial charge in [-0.05, 0) is 81.0 Å². The largest absolute Gasteiger partial charge is 0.365 e. The van der Waals surface area contributed by atoms with Crippen LogP contribution in [0.2, 0.25) is 0 Å². The number of aryl methyl sites for hydroxylation is 2. The number of piperazine rings is 1. The highest BCUT2D eigenvalue weighted by atomic mass is 16.2. The van der Waals surface area contributed by atoms with Crippen molar-refractivity contribution in [3.8, 4) is 0 Å². The number of rotatable bonds is 6. The van der Waals surface area contributed by atoms with Crippen molar-refractivity contribution in [2.75, 3.05) is 47.8 Å². The minimum atomic E-state index is -0.141. The third-order valence-corrected chi connectivity index (χ3v) is 8.39. The van der Waals surface area contributed by atoms with E-state index < -0.39 is 0 Å². The van der Waals surface area contributed by atoms with Gasteiger partial charge in [0.1, 0.15) is 5.82 Å². The molecule has 1 N–H and O–H groups in total. The molecule has 3 heterocycles. The summed E-state index contributed by atoms with van der Waals surface area (Å²) in [5.74, 6) is 2.26. The summed E-state index contributed by atoms with van der Waals surface area (Å²) in [5, 5.41) is 4.03. The topological polar surface area (TPSA) is 68.8 Å². The minimum absolute atomic E-state index is 0.0398. The van der Waals surface area contributed by atoms with Gasteiger partial charge in [0.25, 0.3) is 0 Å². The first kappa shape index (κ1) is 27.9. The van der Waals surface area contributed by atoms with Gasteiger partial charge >= 0.3 is 0 Å². The van der Waals surface area contributed by atoms with Crippen molar-refractivity contribution < 1.29 is 9.59 Å². The molecule has 0 aliphatic carbocycles. The molecule has 40 heavy (non-hydrogen) atoms. The highest BCUT2D eigenvalue weighted by Gasteiger charge is 2.27. The van der Waals surface area contributed by atoms with Crippen LogP contribution in [-0.4, -0.2) is 60.5 Å². The monoisotopic (exact) mass is 541 g/mol. The van der Waals surface area contributed by atoms with Gasteiger partial charge in [-0.25, -0.2) is 4.98 Å². The van der Waals surface area contributed by atoms with Gasteiger partial charge in [-0.3, -0.25) is 9.59 Å². The van der Waals surface area contributed by atoms with Gasteiger partial charge in [0, 0.05) is 68.4 Å². The summed E-state index contributed by atoms with van der Waals surface area (Å²) in [6.07, 6.45) is 1.65. The van der Waals surface area contributed by atoms with Gasteiger partial charge in [-0.15, -0.1) is 0 Å². The van der Waals surface area contributed by atoms with E-state index in [4.69, 9.17) is 4.98 Å². The molecular weight excluding hydrogens is 498 g/mol. The maximum Gasteiger partial charge on any atom is 0.224 e. The number of hydrogen-bond donors (Lipinski definition) is 1. The number of aromatic nitrogens is 1. The molecule has 2 aromatic carbocycles. The van der Waals surface area contributed by atoms with E-state index in [9.17, 15) is 9.59 Å². The Morgan fingerprint density at radius 3 is 2.33 bits per heavy atom. The van der Waals surface area contributed by atoms with Crippen molar-refractivity contribution in [3.05, 3.63) is 59.7 Å². The molecule has 3 atom stereocenters. The molecule has 2 amide bonds. The minimum Gasteiger partial charge on any atom is -0.365 e. The first-order valence-corrected chi connectivity index (χ1v) is 14.7. The molecule has 3 aromatic rings. The summed E-state index contributed by atoms with van der Waals surface area (Å²) in [4.78, 5) is 37.3. The second-order valence-electron chi connectivity index (χ2n) is 12.1. The second-order valence-corrected chi connectivity index (χ2v) is 12.1. The van der Waals surface area contributed by atoms with Crippen molar-refractivity contribution in [2.24, 2.45) is 11.8 Å². The number of benzene rings is 2. The zero-order valence-corrected chi connectivity index (χ0v) is 24.6. The fourth-order valence-electron chi connectivity index (χ4n) is 6.37. The average molecular weight is 542 g/mol. The quantitative estimate of drug-likeness (QED) is 0.428. The highest BCUT2D eigenvalue weighted by Crippen LogP contribution is 2.29. The number of carbonyl (C=O) groups excluding carboxylic acids is 2. The lowest BCUT2D eigenvalue weighted by Gasteiger charge is -2.41. The van der Waals surface area contributed by atoms with Crippen LogP contribution < -0.4 is 15.1 Å². The van der Waals surface area contributed by atoms with Gasteiger partial charge in [0.05, 0.1) is 5.52 Å². The maximum absolute atomic E-state index is 12.9. The van der Waals surface area contributed by atoms with Crippen LogP contribution in [0.15, 0.2) is 48.5 Å². The molecule has 5 rings (SSSR count). The van der Waals surface area contributed by atoms with Crippen molar-refractivity contribution in [3.63, 3.8) is 0 Å². The Morgan fingerprint density at radius 2 is 1.62 bits per heavy atom. The van der Waals surface area contributed by atoms with E-state index >= 15 is 0 Å². The van der Waals surface area contributed by atoms with E-state index in [2.05, 4.69) is 80.1 Å². The lowest BCUT2D eigenvalue weighted by atomic mass is 9.92. The van der Waals surface area contributed by atoms with Gasteiger partial charge in [-0.1, -0.05) is 31.5 Å². The second kappa shape index (κ2) is 11.9. The summed E-state index contributed by atoms with van der Waals surface area (Å²) < 4.78 is 0. The summed E-state index contributed by atoms with van der Waals surface area (Å²) in [7, 11) is 0. The molecule has 7 heteroatoms. The lowest BCUT2D eigenvalue weighted by Crippen LogP contribution is -2.53. The van der Waals surface area contributed by atoms with Crippen LogP contribution in [0.3, 0.4) is 0 Å². The molecule has 7 nitrogen and oxygen atoms in total. The number of carbonyl (C=O) groups is 2. The predicted octanol–water partition coefficient (Wildman–Crippen LogP) is 5.79. The van der Waals surface area contributed by atoms with Crippen LogP contribution in [0, 0.1) is 25.7 Å². The number of anilines is 3. The van der Waals surface area contributed by atoms with Crippen molar-refractivity contribution >= 4 is 39.9 Å². The highest BCUT2D eigenvalue weighted by molar-refractivity contribution is 5.96. The Kier molecular flexibility index (Phi) is 8.29. The van der Waals surface area contributed by atoms with Crippen LogP contribution in [-0.2, 0) is 9.59 Å². The first-order valence-electron chi connectivity index (χ1n) is 14.7. The third kappa shape index (κ3) is 6.40. The Labute approximate surface area is 238 Å². The van der Waals surface area contributed by atoms with Crippen LogP contribution in [0.25, 0.3) is 10.9 Å². The summed E-state index contributed by atoms with van der Waals surface area (Å²) in [5.41, 5.74) is 5.26. The Balaban J connectivity index is 1.15. The first-order chi connectivity index (χ1) is 19.2. The average Bonchev–Trinajstić information content (AvgIpc) is 2.92. The number of pyridine rings is 1. The molecule has 0 unspecified atom stereocenters. The van der Waals surface area contributed by atoms with Crippen LogP contribution >= 0.6 is 0 Å². The zero-order chi connectivity index (χ0) is 28.4. The zero-order valence-electron chi connectivity index (χ0n) is 24.6. The van der Waals surface area contributed by atoms with E-state index in [0.717, 1.165) is 47.6 Å². The molecule has 0 spiro atoms. The molecule has 2 aliphatic heterocycles. The molecular formula is C33H43N5O2. The lowest BCUT2D eigenvalue weighted by molar-refractivity contribution is -0.133. The van der Waals surface area contributed by atoms with Crippen LogP contribution in [0.1, 0.15) is 51.2 Å². The van der Waals surface area contributed by atoms with E-state index in [1.807, 2.05) is 23.1 Å². The normalized spacial score (nSPS) is 21.5. The number of piperidine rings is 1. The predicted molar refractivity (Wildman–Crippen MR) is 164 cm³/mol. The number of fused-ring (bicyclic) bond motifs is 1. The third-order valence-electron chi connectivity index (χ3n) is 8.39.